The Balaban J connectivity index is 1.97. The lowest BCUT2D eigenvalue weighted by Crippen LogP contribution is -2.18. The highest BCUT2D eigenvalue weighted by Crippen LogP contribution is 2.12. The van der Waals surface area contributed by atoms with Crippen LogP contribution in [0, 0.1) is 11.8 Å². The van der Waals surface area contributed by atoms with Gasteiger partial charge in [0.15, 0.2) is 12.3 Å². The fraction of sp³-hybridized carbons (Fsp3) is 0.583. The van der Waals surface area contributed by atoms with E-state index in [-0.39, 0.29) is 12.3 Å². The molecule has 0 heterocycles. The van der Waals surface area contributed by atoms with Crippen LogP contribution in [0.3, 0.4) is 0 Å². The summed E-state index contributed by atoms with van der Waals surface area (Å²) < 4.78 is 5.00. The van der Waals surface area contributed by atoms with E-state index in [4.69, 9.17) is 9.94 Å². The number of oxime groups is 1. The molecule has 1 rings (SSSR count). The third-order valence-electron chi connectivity index (χ3n) is 4.60. The Hall–Kier alpha value is -2.28. The van der Waals surface area contributed by atoms with Gasteiger partial charge in [-0.2, -0.15) is 0 Å². The summed E-state index contributed by atoms with van der Waals surface area (Å²) in [6, 6.07) is 10.7. The summed E-state index contributed by atoms with van der Waals surface area (Å²) in [6.45, 7) is 2.10. The van der Waals surface area contributed by atoms with Crippen molar-refractivity contribution in [2.75, 3.05) is 6.61 Å². The second kappa shape index (κ2) is 16.9. The highest BCUT2D eigenvalue weighted by atomic mass is 16.5. The number of carbonyl (C=O) groups excluding carboxylic acids is 1. The van der Waals surface area contributed by atoms with Crippen molar-refractivity contribution in [1.82, 2.24) is 0 Å². The molecule has 0 bridgehead atoms. The number of nitrogens with zero attached hydrogens (tertiary/aromatic N) is 1. The molecule has 28 heavy (non-hydrogen) atoms. The quantitative estimate of drug-likeness (QED) is 0.108. The van der Waals surface area contributed by atoms with Crippen molar-refractivity contribution < 1.29 is 14.7 Å². The molecule has 0 aliphatic rings. The van der Waals surface area contributed by atoms with Gasteiger partial charge in [-0.1, -0.05) is 92.8 Å². The first-order chi connectivity index (χ1) is 13.8. The number of benzene rings is 1. The van der Waals surface area contributed by atoms with E-state index in [1.54, 1.807) is 0 Å². The lowest BCUT2D eigenvalue weighted by Gasteiger charge is -2.05. The monoisotopic (exact) mass is 385 g/mol. The fourth-order valence-corrected chi connectivity index (χ4v) is 2.97. The Morgan fingerprint density at radius 1 is 0.964 bits per heavy atom. The van der Waals surface area contributed by atoms with Crippen molar-refractivity contribution in [3.05, 3.63) is 35.9 Å². The van der Waals surface area contributed by atoms with Gasteiger partial charge < -0.3 is 9.94 Å². The predicted octanol–water partition coefficient (Wildman–Crippen LogP) is 5.92. The first-order valence-electron chi connectivity index (χ1n) is 10.7. The highest BCUT2D eigenvalue weighted by molar-refractivity contribution is 6.36. The zero-order chi connectivity index (χ0) is 20.3. The average molecular weight is 386 g/mol. The molecule has 0 saturated carbocycles. The molecule has 4 heteroatoms. The maximum Gasteiger partial charge on any atom is 0.357 e. The number of carbonyl (C=O) groups is 1. The molecular weight excluding hydrogens is 350 g/mol. The summed E-state index contributed by atoms with van der Waals surface area (Å²) in [7, 11) is 0. The van der Waals surface area contributed by atoms with E-state index >= 15 is 0 Å². The van der Waals surface area contributed by atoms with Crippen molar-refractivity contribution in [1.29, 1.82) is 0 Å². The van der Waals surface area contributed by atoms with Crippen LogP contribution in [0.5, 0.6) is 0 Å². The normalized spacial score (nSPS) is 11.0. The number of hydrogen-bond acceptors (Lipinski definition) is 4. The SMILES string of the molecule is CCCC#CCOC(=O)C(CCCCCCCCCCc1ccccc1)=NO. The number of hydrogen-bond donors (Lipinski definition) is 1. The maximum absolute atomic E-state index is 11.8. The van der Waals surface area contributed by atoms with Crippen molar-refractivity contribution >= 4 is 11.7 Å². The van der Waals surface area contributed by atoms with Crippen LogP contribution >= 0.6 is 0 Å². The van der Waals surface area contributed by atoms with Crippen LogP contribution in [0.4, 0.5) is 0 Å². The summed E-state index contributed by atoms with van der Waals surface area (Å²) >= 11 is 0. The van der Waals surface area contributed by atoms with Gasteiger partial charge in [0.2, 0.25) is 0 Å². The van der Waals surface area contributed by atoms with Gasteiger partial charge in [-0.15, -0.1) is 0 Å². The van der Waals surface area contributed by atoms with E-state index in [9.17, 15) is 4.79 Å². The molecule has 0 spiro atoms. The van der Waals surface area contributed by atoms with Crippen LogP contribution in [0.1, 0.15) is 83.1 Å². The van der Waals surface area contributed by atoms with Gasteiger partial charge in [0, 0.05) is 12.8 Å². The molecule has 0 aliphatic carbocycles. The molecule has 1 aromatic carbocycles. The molecule has 0 radical (unpaired) electrons. The van der Waals surface area contributed by atoms with Crippen molar-refractivity contribution in [2.45, 2.75) is 84.0 Å². The average Bonchev–Trinajstić information content (AvgIpc) is 2.72. The van der Waals surface area contributed by atoms with Gasteiger partial charge in [-0.25, -0.2) is 4.79 Å². The number of ether oxygens (including phenoxy) is 1. The molecule has 154 valence electrons. The van der Waals surface area contributed by atoms with Gasteiger partial charge in [-0.05, 0) is 31.2 Å². The molecular formula is C24H35NO3. The number of rotatable bonds is 14. The van der Waals surface area contributed by atoms with Crippen LogP contribution in [-0.2, 0) is 16.0 Å². The van der Waals surface area contributed by atoms with Gasteiger partial charge >= 0.3 is 5.97 Å². The Labute approximate surface area is 170 Å². The Kier molecular flexibility index (Phi) is 14.3. The zero-order valence-electron chi connectivity index (χ0n) is 17.3. The van der Waals surface area contributed by atoms with Gasteiger partial charge in [0.05, 0.1) is 0 Å². The van der Waals surface area contributed by atoms with Crippen molar-refractivity contribution in [2.24, 2.45) is 5.16 Å². The Bertz CT molecular complexity index is 614. The van der Waals surface area contributed by atoms with Gasteiger partial charge in [0.25, 0.3) is 0 Å². The molecule has 4 nitrogen and oxygen atoms in total. The molecule has 0 fully saturated rings. The summed E-state index contributed by atoms with van der Waals surface area (Å²) in [4.78, 5) is 11.8. The van der Waals surface area contributed by atoms with E-state index in [2.05, 4.69) is 47.3 Å². The molecule has 0 unspecified atom stereocenters. The molecule has 1 aromatic rings. The topological polar surface area (TPSA) is 58.9 Å². The van der Waals surface area contributed by atoms with Crippen LogP contribution in [0.25, 0.3) is 0 Å². The third-order valence-corrected chi connectivity index (χ3v) is 4.60. The van der Waals surface area contributed by atoms with E-state index < -0.39 is 5.97 Å². The first-order valence-corrected chi connectivity index (χ1v) is 10.7. The number of unbranched alkanes of at least 4 members (excludes halogenated alkanes) is 8. The highest BCUT2D eigenvalue weighted by Gasteiger charge is 2.12. The van der Waals surface area contributed by atoms with Gasteiger partial charge in [0.1, 0.15) is 0 Å². The zero-order valence-corrected chi connectivity index (χ0v) is 17.3. The van der Waals surface area contributed by atoms with E-state index in [1.165, 1.54) is 44.1 Å². The summed E-state index contributed by atoms with van der Waals surface area (Å²) in [5, 5.41) is 12.1. The predicted molar refractivity (Wildman–Crippen MR) is 115 cm³/mol. The summed E-state index contributed by atoms with van der Waals surface area (Å²) in [6.07, 6.45) is 12.7. The number of aryl methyl sites for hydroxylation is 1. The number of esters is 1. The molecule has 0 saturated heterocycles. The smallest absolute Gasteiger partial charge is 0.357 e. The van der Waals surface area contributed by atoms with Crippen molar-refractivity contribution in [3.63, 3.8) is 0 Å². The van der Waals surface area contributed by atoms with Crippen molar-refractivity contribution in [3.8, 4) is 11.8 Å². The Morgan fingerprint density at radius 2 is 1.61 bits per heavy atom. The minimum atomic E-state index is -0.563. The first kappa shape index (κ1) is 23.8. The fourth-order valence-electron chi connectivity index (χ4n) is 2.97. The Morgan fingerprint density at radius 3 is 2.25 bits per heavy atom. The third kappa shape index (κ3) is 12.2. The van der Waals surface area contributed by atoms with Crippen LogP contribution in [0.15, 0.2) is 35.5 Å². The molecule has 0 aromatic heterocycles. The van der Waals surface area contributed by atoms with Crippen LogP contribution in [0.2, 0.25) is 0 Å². The van der Waals surface area contributed by atoms with Crippen LogP contribution in [-0.4, -0.2) is 23.5 Å². The minimum absolute atomic E-state index is 0.0577. The molecule has 1 N–H and O–H groups in total. The standard InChI is InChI=1S/C24H35NO3/c1-2-3-4-16-21-28-24(26)23(25-27)20-15-10-8-6-5-7-9-12-17-22-18-13-11-14-19-22/h11,13-14,18-19,27H,2-3,5-10,12,15,17,20-21H2,1H3. The molecule has 0 aliphatic heterocycles. The minimum Gasteiger partial charge on any atom is -0.448 e. The molecule has 0 amide bonds. The lowest BCUT2D eigenvalue weighted by molar-refractivity contribution is -0.134. The van der Waals surface area contributed by atoms with E-state index in [0.29, 0.717) is 6.42 Å². The summed E-state index contributed by atoms with van der Waals surface area (Å²) in [5.74, 6) is 5.13. The molecule has 0 atom stereocenters. The van der Waals surface area contributed by atoms with E-state index in [0.717, 1.165) is 32.1 Å². The lowest BCUT2D eigenvalue weighted by atomic mass is 10.0. The maximum atomic E-state index is 11.8. The second-order valence-corrected chi connectivity index (χ2v) is 7.04. The summed E-state index contributed by atoms with van der Waals surface area (Å²) in [5.41, 5.74) is 1.52. The largest absolute Gasteiger partial charge is 0.448 e. The second-order valence-electron chi connectivity index (χ2n) is 7.04. The van der Waals surface area contributed by atoms with Crippen LogP contribution < -0.4 is 0 Å². The van der Waals surface area contributed by atoms with E-state index in [1.807, 2.05) is 6.92 Å². The van der Waals surface area contributed by atoms with Gasteiger partial charge in [-0.3, -0.25) is 0 Å².